The van der Waals surface area contributed by atoms with E-state index in [1.54, 1.807) is 0 Å². The molecule has 3 rings (SSSR count). The van der Waals surface area contributed by atoms with Gasteiger partial charge in [-0.2, -0.15) is 0 Å². The first-order valence-corrected chi connectivity index (χ1v) is 7.13. The van der Waals surface area contributed by atoms with Crippen molar-refractivity contribution in [3.63, 3.8) is 0 Å². The number of hydrogen-bond acceptors (Lipinski definition) is 3. The highest BCUT2D eigenvalue weighted by atomic mass is 32.1. The summed E-state index contributed by atoms with van der Waals surface area (Å²) >= 11 is 5.28. The van der Waals surface area contributed by atoms with Gasteiger partial charge in [-0.1, -0.05) is 37.3 Å². The molecule has 0 unspecified atom stereocenters. The van der Waals surface area contributed by atoms with Gasteiger partial charge in [-0.15, -0.1) is 0 Å². The minimum atomic E-state index is 0.628. The van der Waals surface area contributed by atoms with Crippen molar-refractivity contribution in [3.8, 4) is 11.3 Å². The Balaban J connectivity index is 2.23. The van der Waals surface area contributed by atoms with Gasteiger partial charge in [0.15, 0.2) is 0 Å². The summed E-state index contributed by atoms with van der Waals surface area (Å²) in [7, 11) is 0. The molecule has 4 heteroatoms. The second-order valence-corrected chi connectivity index (χ2v) is 5.12. The summed E-state index contributed by atoms with van der Waals surface area (Å²) in [5.74, 6) is 0.941. The van der Waals surface area contributed by atoms with E-state index in [-0.39, 0.29) is 0 Å². The zero-order valence-corrected chi connectivity index (χ0v) is 12.1. The molecular weight excluding hydrogens is 266 g/mol. The van der Waals surface area contributed by atoms with E-state index in [1.165, 1.54) is 0 Å². The summed E-state index contributed by atoms with van der Waals surface area (Å²) in [6.07, 6.45) is 3.75. The van der Waals surface area contributed by atoms with Gasteiger partial charge in [0.1, 0.15) is 10.5 Å². The molecule has 0 saturated heterocycles. The molecule has 0 atom stereocenters. The number of nitrogens with one attached hydrogen (secondary N) is 1. The van der Waals surface area contributed by atoms with E-state index in [1.807, 2.05) is 30.5 Å². The number of hydrogen-bond donors (Lipinski definition) is 1. The molecule has 3 aromatic rings. The van der Waals surface area contributed by atoms with E-state index < -0.39 is 0 Å². The fourth-order valence-electron chi connectivity index (χ4n) is 2.35. The van der Waals surface area contributed by atoms with Gasteiger partial charge >= 0.3 is 0 Å². The standard InChI is InChI=1S/C16H15N3S/c1-2-5-15-18-14(10-16(20)19-15)12-6-3-8-13-11(12)7-4-9-17-13/h3-4,6-10H,2,5H2,1H3,(H,18,19,20). The van der Waals surface area contributed by atoms with Crippen molar-refractivity contribution in [1.29, 1.82) is 0 Å². The number of fused-ring (bicyclic) bond motifs is 1. The molecule has 0 aliphatic heterocycles. The van der Waals surface area contributed by atoms with E-state index in [0.29, 0.717) is 4.64 Å². The number of aryl methyl sites for hydroxylation is 1. The van der Waals surface area contributed by atoms with Gasteiger partial charge in [-0.05, 0) is 24.6 Å². The third-order valence-electron chi connectivity index (χ3n) is 3.21. The zero-order chi connectivity index (χ0) is 13.9. The molecule has 100 valence electrons. The zero-order valence-electron chi connectivity index (χ0n) is 11.3. The Morgan fingerprint density at radius 2 is 2.10 bits per heavy atom. The van der Waals surface area contributed by atoms with Crippen LogP contribution in [0.4, 0.5) is 0 Å². The molecule has 0 spiro atoms. The van der Waals surface area contributed by atoms with Crippen molar-refractivity contribution < 1.29 is 0 Å². The number of nitrogens with zero attached hydrogens (tertiary/aromatic N) is 2. The lowest BCUT2D eigenvalue weighted by molar-refractivity contribution is 0.833. The van der Waals surface area contributed by atoms with Gasteiger partial charge in [-0.3, -0.25) is 4.98 Å². The van der Waals surface area contributed by atoms with E-state index in [9.17, 15) is 0 Å². The Morgan fingerprint density at radius 1 is 1.20 bits per heavy atom. The summed E-state index contributed by atoms with van der Waals surface area (Å²) in [5, 5.41) is 1.12. The molecule has 1 aromatic carbocycles. The quantitative estimate of drug-likeness (QED) is 0.727. The molecule has 0 bridgehead atoms. The van der Waals surface area contributed by atoms with Gasteiger partial charge in [0, 0.05) is 23.6 Å². The van der Waals surface area contributed by atoms with E-state index in [0.717, 1.165) is 40.8 Å². The number of rotatable bonds is 3. The molecule has 0 aliphatic rings. The first kappa shape index (κ1) is 12.9. The third kappa shape index (κ3) is 2.47. The number of aromatic amines is 1. The molecular formula is C16H15N3S. The van der Waals surface area contributed by atoms with Crippen LogP contribution in [0.5, 0.6) is 0 Å². The topological polar surface area (TPSA) is 41.6 Å². The van der Waals surface area contributed by atoms with Gasteiger partial charge in [0.05, 0.1) is 11.2 Å². The number of pyridine rings is 1. The van der Waals surface area contributed by atoms with Crippen molar-refractivity contribution in [2.24, 2.45) is 0 Å². The summed E-state index contributed by atoms with van der Waals surface area (Å²) < 4.78 is 0.628. The van der Waals surface area contributed by atoms with Crippen molar-refractivity contribution in [1.82, 2.24) is 15.0 Å². The lowest BCUT2D eigenvalue weighted by atomic mass is 10.1. The Labute approximate surface area is 122 Å². The van der Waals surface area contributed by atoms with Crippen LogP contribution in [0.25, 0.3) is 22.2 Å². The van der Waals surface area contributed by atoms with Crippen LogP contribution >= 0.6 is 12.2 Å². The largest absolute Gasteiger partial charge is 0.343 e. The predicted octanol–water partition coefficient (Wildman–Crippen LogP) is 4.31. The maximum absolute atomic E-state index is 5.28. The van der Waals surface area contributed by atoms with Gasteiger partial charge in [0.25, 0.3) is 0 Å². The SMILES string of the molecule is CCCc1nc(=S)cc(-c2cccc3ncccc23)[nH]1. The fourth-order valence-corrected chi connectivity index (χ4v) is 2.57. The normalized spacial score (nSPS) is 10.8. The van der Waals surface area contributed by atoms with Crippen LogP contribution in [0, 0.1) is 4.64 Å². The average molecular weight is 281 g/mol. The van der Waals surface area contributed by atoms with Crippen LogP contribution < -0.4 is 0 Å². The lowest BCUT2D eigenvalue weighted by Crippen LogP contribution is -1.97. The molecule has 0 amide bonds. The highest BCUT2D eigenvalue weighted by molar-refractivity contribution is 7.71. The maximum Gasteiger partial charge on any atom is 0.130 e. The van der Waals surface area contributed by atoms with Crippen LogP contribution in [0.15, 0.2) is 42.6 Å². The number of aromatic nitrogens is 3. The van der Waals surface area contributed by atoms with Gasteiger partial charge < -0.3 is 4.98 Å². The lowest BCUT2D eigenvalue weighted by Gasteiger charge is -2.08. The monoisotopic (exact) mass is 281 g/mol. The van der Waals surface area contributed by atoms with Crippen LogP contribution in [0.1, 0.15) is 19.2 Å². The average Bonchev–Trinajstić information content (AvgIpc) is 2.46. The molecule has 20 heavy (non-hydrogen) atoms. The molecule has 1 N–H and O–H groups in total. The molecule has 0 radical (unpaired) electrons. The van der Waals surface area contributed by atoms with Crippen molar-refractivity contribution in [2.75, 3.05) is 0 Å². The summed E-state index contributed by atoms with van der Waals surface area (Å²) in [6, 6.07) is 12.1. The van der Waals surface area contributed by atoms with Crippen LogP contribution in [-0.4, -0.2) is 15.0 Å². The molecule has 0 aliphatic carbocycles. The Morgan fingerprint density at radius 3 is 2.95 bits per heavy atom. The molecule has 0 fully saturated rings. The minimum absolute atomic E-state index is 0.628. The van der Waals surface area contributed by atoms with E-state index in [4.69, 9.17) is 12.2 Å². The van der Waals surface area contributed by atoms with Crippen LogP contribution in [0.2, 0.25) is 0 Å². The molecule has 0 saturated carbocycles. The minimum Gasteiger partial charge on any atom is -0.343 e. The summed E-state index contributed by atoms with van der Waals surface area (Å²) in [5.41, 5.74) is 3.10. The maximum atomic E-state index is 5.28. The number of H-pyrrole nitrogens is 1. The summed E-state index contributed by atoms with van der Waals surface area (Å²) in [4.78, 5) is 12.2. The number of benzene rings is 1. The Hall–Kier alpha value is -2.07. The Kier molecular flexibility index (Phi) is 3.56. The van der Waals surface area contributed by atoms with Crippen LogP contribution in [-0.2, 0) is 6.42 Å². The van der Waals surface area contributed by atoms with E-state index in [2.05, 4.69) is 34.0 Å². The second-order valence-electron chi connectivity index (χ2n) is 4.71. The Bertz CT molecular complexity index is 803. The smallest absolute Gasteiger partial charge is 0.130 e. The van der Waals surface area contributed by atoms with Crippen molar-refractivity contribution >= 4 is 23.1 Å². The molecule has 2 heterocycles. The first-order chi connectivity index (χ1) is 9.78. The highest BCUT2D eigenvalue weighted by Crippen LogP contribution is 2.26. The molecule has 2 aromatic heterocycles. The first-order valence-electron chi connectivity index (χ1n) is 6.72. The van der Waals surface area contributed by atoms with Crippen LogP contribution in [0.3, 0.4) is 0 Å². The third-order valence-corrected chi connectivity index (χ3v) is 3.42. The summed E-state index contributed by atoms with van der Waals surface area (Å²) in [6.45, 7) is 2.13. The highest BCUT2D eigenvalue weighted by Gasteiger charge is 2.06. The second kappa shape index (κ2) is 5.51. The van der Waals surface area contributed by atoms with Gasteiger partial charge in [-0.25, -0.2) is 4.98 Å². The molecule has 3 nitrogen and oxygen atoms in total. The predicted molar refractivity (Wildman–Crippen MR) is 84.2 cm³/mol. The van der Waals surface area contributed by atoms with Gasteiger partial charge in [0.2, 0.25) is 0 Å². The van der Waals surface area contributed by atoms with Crippen molar-refractivity contribution in [3.05, 3.63) is 53.1 Å². The fraction of sp³-hybridized carbons (Fsp3) is 0.188. The van der Waals surface area contributed by atoms with Crippen molar-refractivity contribution in [2.45, 2.75) is 19.8 Å². The van der Waals surface area contributed by atoms with E-state index >= 15 is 0 Å².